The largest absolute Gasteiger partial charge is 0.302 e. The van der Waals surface area contributed by atoms with Gasteiger partial charge in [-0.2, -0.15) is 0 Å². The second kappa shape index (κ2) is 18.8. The topological polar surface area (TPSA) is 3.24 Å². The molecule has 0 bridgehead atoms. The van der Waals surface area contributed by atoms with Gasteiger partial charge in [0, 0.05) is 6.04 Å². The van der Waals surface area contributed by atoms with E-state index in [0.29, 0.717) is 6.04 Å². The fourth-order valence-electron chi connectivity index (χ4n) is 3.93. The number of benzene rings is 1. The van der Waals surface area contributed by atoms with Crippen molar-refractivity contribution in [3.63, 3.8) is 0 Å². The molecule has 1 atom stereocenters. The lowest BCUT2D eigenvalue weighted by Crippen LogP contribution is -2.19. The zero-order chi connectivity index (χ0) is 18.9. The summed E-state index contributed by atoms with van der Waals surface area (Å²) in [5.74, 6) is 0. The molecule has 0 aromatic heterocycles. The molecular weight excluding hydrogens is 350 g/mol. The molecule has 0 radical (unpaired) electrons. The molecule has 2 heteroatoms. The minimum Gasteiger partial charge on any atom is -0.302 e. The first kappa shape index (κ1) is 26.5. The average molecular weight is 396 g/mol. The van der Waals surface area contributed by atoms with Crippen molar-refractivity contribution in [3.8, 4) is 0 Å². The van der Waals surface area contributed by atoms with Gasteiger partial charge in [-0.1, -0.05) is 127 Å². The van der Waals surface area contributed by atoms with Crippen LogP contribution in [0.2, 0.25) is 0 Å². The molecular formula is C25H46ClN. The first-order valence-corrected chi connectivity index (χ1v) is 11.5. The molecule has 1 nitrogen and oxygen atoms in total. The summed E-state index contributed by atoms with van der Waals surface area (Å²) >= 11 is 0. The Bertz CT molecular complexity index is 404. The Kier molecular flexibility index (Phi) is 18.4. The van der Waals surface area contributed by atoms with Crippen molar-refractivity contribution in [2.45, 2.75) is 109 Å². The quantitative estimate of drug-likeness (QED) is 0.238. The van der Waals surface area contributed by atoms with E-state index in [1.165, 1.54) is 102 Å². The van der Waals surface area contributed by atoms with Crippen LogP contribution in [-0.2, 0) is 0 Å². The van der Waals surface area contributed by atoms with Gasteiger partial charge in [-0.05, 0) is 26.1 Å². The zero-order valence-corrected chi connectivity index (χ0v) is 19.2. The maximum absolute atomic E-state index is 2.37. The number of unbranched alkanes of at least 4 members (excludes halogenated alkanes) is 13. The van der Waals surface area contributed by atoms with Crippen molar-refractivity contribution in [1.82, 2.24) is 4.90 Å². The highest BCUT2D eigenvalue weighted by Gasteiger charge is 2.12. The van der Waals surface area contributed by atoms with Gasteiger partial charge in [-0.3, -0.25) is 0 Å². The SMILES string of the molecule is CCCCCCCCCCCCCCCCC(c1ccccc1)N(C)C.Cl. The number of halogens is 1. The van der Waals surface area contributed by atoms with Crippen LogP contribution in [0.1, 0.15) is 115 Å². The zero-order valence-electron chi connectivity index (χ0n) is 18.4. The van der Waals surface area contributed by atoms with Crippen LogP contribution in [0.15, 0.2) is 30.3 Å². The molecule has 158 valence electrons. The van der Waals surface area contributed by atoms with E-state index in [4.69, 9.17) is 0 Å². The molecule has 1 aromatic carbocycles. The molecule has 1 aromatic rings. The average Bonchev–Trinajstić information content (AvgIpc) is 2.65. The Balaban J connectivity index is 0.00000676. The summed E-state index contributed by atoms with van der Waals surface area (Å²) in [6.07, 6.45) is 21.4. The summed E-state index contributed by atoms with van der Waals surface area (Å²) in [5, 5.41) is 0. The van der Waals surface area contributed by atoms with Gasteiger partial charge in [0.05, 0.1) is 0 Å². The van der Waals surface area contributed by atoms with E-state index in [1.54, 1.807) is 0 Å². The predicted octanol–water partition coefficient (Wildman–Crippen LogP) is 8.58. The lowest BCUT2D eigenvalue weighted by Gasteiger charge is -2.24. The standard InChI is InChI=1S/C25H45N.ClH/c1-4-5-6-7-8-9-10-11-12-13-14-15-16-20-23-25(26(2)3)24-21-18-17-19-22-24;/h17-19,21-22,25H,4-16,20,23H2,1-3H3;1H. The third kappa shape index (κ3) is 14.2. The van der Waals surface area contributed by atoms with E-state index >= 15 is 0 Å². The number of hydrogen-bond acceptors (Lipinski definition) is 1. The third-order valence-electron chi connectivity index (χ3n) is 5.64. The van der Waals surface area contributed by atoms with Gasteiger partial charge in [0.1, 0.15) is 0 Å². The summed E-state index contributed by atoms with van der Waals surface area (Å²) < 4.78 is 0. The van der Waals surface area contributed by atoms with E-state index in [0.717, 1.165) is 0 Å². The van der Waals surface area contributed by atoms with Crippen LogP contribution < -0.4 is 0 Å². The molecule has 0 aliphatic rings. The van der Waals surface area contributed by atoms with Gasteiger partial charge in [0.2, 0.25) is 0 Å². The molecule has 0 aliphatic heterocycles. The Morgan fingerprint density at radius 2 is 1.04 bits per heavy atom. The van der Waals surface area contributed by atoms with Gasteiger partial charge >= 0.3 is 0 Å². The molecule has 1 unspecified atom stereocenters. The van der Waals surface area contributed by atoms with Crippen LogP contribution >= 0.6 is 12.4 Å². The first-order chi connectivity index (χ1) is 12.8. The third-order valence-corrected chi connectivity index (χ3v) is 5.64. The Labute approximate surface area is 176 Å². The van der Waals surface area contributed by atoms with E-state index in [9.17, 15) is 0 Å². The van der Waals surface area contributed by atoms with Crippen LogP contribution in [0.4, 0.5) is 0 Å². The van der Waals surface area contributed by atoms with Crippen molar-refractivity contribution in [3.05, 3.63) is 35.9 Å². The highest BCUT2D eigenvalue weighted by Crippen LogP contribution is 2.24. The molecule has 0 saturated carbocycles. The number of rotatable bonds is 17. The molecule has 0 aliphatic carbocycles. The van der Waals surface area contributed by atoms with Crippen molar-refractivity contribution < 1.29 is 0 Å². The summed E-state index contributed by atoms with van der Waals surface area (Å²) in [6.45, 7) is 2.30. The van der Waals surface area contributed by atoms with Crippen LogP contribution in [0, 0.1) is 0 Å². The second-order valence-electron chi connectivity index (χ2n) is 8.27. The van der Waals surface area contributed by atoms with E-state index in [2.05, 4.69) is 56.3 Å². The highest BCUT2D eigenvalue weighted by atomic mass is 35.5. The van der Waals surface area contributed by atoms with Gasteiger partial charge in [-0.15, -0.1) is 12.4 Å². The molecule has 0 saturated heterocycles. The van der Waals surface area contributed by atoms with Crippen LogP contribution in [-0.4, -0.2) is 19.0 Å². The minimum atomic E-state index is 0. The monoisotopic (exact) mass is 395 g/mol. The summed E-state index contributed by atoms with van der Waals surface area (Å²) in [4.78, 5) is 2.37. The molecule has 27 heavy (non-hydrogen) atoms. The van der Waals surface area contributed by atoms with E-state index in [-0.39, 0.29) is 12.4 Å². The molecule has 0 N–H and O–H groups in total. The normalized spacial score (nSPS) is 12.1. The summed E-state index contributed by atoms with van der Waals surface area (Å²) in [6, 6.07) is 11.6. The smallest absolute Gasteiger partial charge is 0.0342 e. The number of hydrogen-bond donors (Lipinski definition) is 0. The molecule has 0 amide bonds. The Morgan fingerprint density at radius 3 is 1.44 bits per heavy atom. The van der Waals surface area contributed by atoms with E-state index < -0.39 is 0 Å². The Hall–Kier alpha value is -0.530. The lowest BCUT2D eigenvalue weighted by molar-refractivity contribution is 0.276. The van der Waals surface area contributed by atoms with Crippen molar-refractivity contribution in [2.75, 3.05) is 14.1 Å². The van der Waals surface area contributed by atoms with Crippen LogP contribution in [0.5, 0.6) is 0 Å². The fourth-order valence-corrected chi connectivity index (χ4v) is 3.93. The molecule has 1 rings (SSSR count). The highest BCUT2D eigenvalue weighted by molar-refractivity contribution is 5.85. The lowest BCUT2D eigenvalue weighted by atomic mass is 9.98. The second-order valence-corrected chi connectivity index (χ2v) is 8.27. The van der Waals surface area contributed by atoms with Crippen LogP contribution in [0.25, 0.3) is 0 Å². The molecule has 0 fully saturated rings. The van der Waals surface area contributed by atoms with Gasteiger partial charge in [0.15, 0.2) is 0 Å². The van der Waals surface area contributed by atoms with Gasteiger partial charge < -0.3 is 4.90 Å². The first-order valence-electron chi connectivity index (χ1n) is 11.5. The summed E-state index contributed by atoms with van der Waals surface area (Å²) in [5.41, 5.74) is 1.46. The van der Waals surface area contributed by atoms with E-state index in [1.807, 2.05) is 0 Å². The predicted molar refractivity (Wildman–Crippen MR) is 125 cm³/mol. The van der Waals surface area contributed by atoms with Crippen molar-refractivity contribution >= 4 is 12.4 Å². The Morgan fingerprint density at radius 1 is 0.630 bits per heavy atom. The van der Waals surface area contributed by atoms with Gasteiger partial charge in [0.25, 0.3) is 0 Å². The maximum atomic E-state index is 2.37. The molecule has 0 heterocycles. The summed E-state index contributed by atoms with van der Waals surface area (Å²) in [7, 11) is 4.42. The number of nitrogens with zero attached hydrogens (tertiary/aromatic N) is 1. The van der Waals surface area contributed by atoms with Crippen molar-refractivity contribution in [1.29, 1.82) is 0 Å². The maximum Gasteiger partial charge on any atom is 0.0342 e. The van der Waals surface area contributed by atoms with Crippen LogP contribution in [0.3, 0.4) is 0 Å². The minimum absolute atomic E-state index is 0. The fraction of sp³-hybridized carbons (Fsp3) is 0.760. The van der Waals surface area contributed by atoms with Crippen molar-refractivity contribution in [2.24, 2.45) is 0 Å². The van der Waals surface area contributed by atoms with Gasteiger partial charge in [-0.25, -0.2) is 0 Å². The molecule has 0 spiro atoms.